The highest BCUT2D eigenvalue weighted by molar-refractivity contribution is 5.99. The third-order valence-corrected chi connectivity index (χ3v) is 2.95. The highest BCUT2D eigenvalue weighted by Crippen LogP contribution is 2.37. The van der Waals surface area contributed by atoms with E-state index in [0.717, 1.165) is 0 Å². The third kappa shape index (κ3) is 2.16. The van der Waals surface area contributed by atoms with Crippen molar-refractivity contribution in [2.45, 2.75) is 25.9 Å². The fourth-order valence-electron chi connectivity index (χ4n) is 2.15. The van der Waals surface area contributed by atoms with Gasteiger partial charge in [-0.05, 0) is 19.1 Å². The molecule has 0 aromatic heterocycles. The number of carbonyl (C=O) groups is 2. The highest BCUT2D eigenvalue weighted by atomic mass is 16.5. The average molecular weight is 250 g/mol. The van der Waals surface area contributed by atoms with E-state index in [1.165, 1.54) is 20.1 Å². The first-order chi connectivity index (χ1) is 8.52. The van der Waals surface area contributed by atoms with Gasteiger partial charge in [0.15, 0.2) is 5.78 Å². The number of aromatic hydroxyl groups is 1. The Kier molecular flexibility index (Phi) is 3.23. The molecule has 0 saturated heterocycles. The van der Waals surface area contributed by atoms with Crippen LogP contribution in [0.2, 0.25) is 0 Å². The fraction of sp³-hybridized carbons (Fsp3) is 0.385. The monoisotopic (exact) mass is 250 g/mol. The Balaban J connectivity index is 2.27. The lowest BCUT2D eigenvalue weighted by atomic mass is 9.98. The van der Waals surface area contributed by atoms with Gasteiger partial charge in [-0.2, -0.15) is 0 Å². The fourth-order valence-corrected chi connectivity index (χ4v) is 2.15. The summed E-state index contributed by atoms with van der Waals surface area (Å²) >= 11 is 0. The van der Waals surface area contributed by atoms with Gasteiger partial charge in [0.05, 0.1) is 19.1 Å². The molecule has 18 heavy (non-hydrogen) atoms. The van der Waals surface area contributed by atoms with Gasteiger partial charge in [-0.1, -0.05) is 0 Å². The van der Waals surface area contributed by atoms with Crippen LogP contribution in [0.15, 0.2) is 12.1 Å². The standard InChI is InChI=1S/C13H14O5/c1-7(14)13-9-5-8(6-12(16)17-2)18-11(9)4-3-10(13)15/h3-4,8,15H,5-6H2,1-2H3. The van der Waals surface area contributed by atoms with Gasteiger partial charge in [0, 0.05) is 12.0 Å². The zero-order valence-electron chi connectivity index (χ0n) is 10.2. The van der Waals surface area contributed by atoms with Gasteiger partial charge in [0.1, 0.15) is 17.6 Å². The number of esters is 1. The number of phenols is 1. The van der Waals surface area contributed by atoms with Crippen LogP contribution in [0.3, 0.4) is 0 Å². The summed E-state index contributed by atoms with van der Waals surface area (Å²) in [7, 11) is 1.32. The summed E-state index contributed by atoms with van der Waals surface area (Å²) in [5, 5.41) is 9.69. The van der Waals surface area contributed by atoms with E-state index < -0.39 is 0 Å². The Bertz CT molecular complexity index is 506. The first kappa shape index (κ1) is 12.4. The lowest BCUT2D eigenvalue weighted by molar-refractivity contribution is -0.142. The van der Waals surface area contributed by atoms with Gasteiger partial charge in [-0.3, -0.25) is 9.59 Å². The molecule has 1 aliphatic heterocycles. The molecule has 0 bridgehead atoms. The summed E-state index contributed by atoms with van der Waals surface area (Å²) in [6.07, 6.45) is 0.212. The summed E-state index contributed by atoms with van der Waals surface area (Å²) in [5.74, 6) is -0.0801. The van der Waals surface area contributed by atoms with Crippen molar-refractivity contribution < 1.29 is 24.2 Å². The van der Waals surface area contributed by atoms with Crippen molar-refractivity contribution in [2.24, 2.45) is 0 Å². The molecular formula is C13H14O5. The Labute approximate surface area is 104 Å². The normalized spacial score (nSPS) is 16.9. The van der Waals surface area contributed by atoms with Crippen molar-refractivity contribution in [3.8, 4) is 11.5 Å². The number of rotatable bonds is 3. The zero-order valence-corrected chi connectivity index (χ0v) is 10.2. The summed E-state index contributed by atoms with van der Waals surface area (Å²) < 4.78 is 10.1. The number of ketones is 1. The molecule has 1 unspecified atom stereocenters. The molecule has 1 heterocycles. The van der Waals surface area contributed by atoms with Gasteiger partial charge < -0.3 is 14.6 Å². The zero-order chi connectivity index (χ0) is 13.3. The Morgan fingerprint density at radius 3 is 2.83 bits per heavy atom. The summed E-state index contributed by atoms with van der Waals surface area (Å²) in [6, 6.07) is 3.03. The molecule has 1 aromatic rings. The molecule has 5 nitrogen and oxygen atoms in total. The van der Waals surface area contributed by atoms with Crippen LogP contribution in [0.4, 0.5) is 0 Å². The molecular weight excluding hydrogens is 236 g/mol. The van der Waals surface area contributed by atoms with Crippen LogP contribution in [-0.2, 0) is 16.0 Å². The molecule has 1 aromatic carbocycles. The number of hydrogen-bond acceptors (Lipinski definition) is 5. The second-order valence-electron chi connectivity index (χ2n) is 4.22. The average Bonchev–Trinajstić information content (AvgIpc) is 2.70. The van der Waals surface area contributed by atoms with E-state index in [4.69, 9.17) is 4.74 Å². The second kappa shape index (κ2) is 4.68. The van der Waals surface area contributed by atoms with Crippen LogP contribution in [-0.4, -0.2) is 30.1 Å². The lowest BCUT2D eigenvalue weighted by Crippen LogP contribution is -2.19. The minimum absolute atomic E-state index is 0.0523. The van der Waals surface area contributed by atoms with Crippen LogP contribution in [0.1, 0.15) is 29.3 Å². The molecule has 0 aliphatic carbocycles. The highest BCUT2D eigenvalue weighted by Gasteiger charge is 2.30. The Morgan fingerprint density at radius 2 is 2.22 bits per heavy atom. The van der Waals surface area contributed by atoms with E-state index in [9.17, 15) is 14.7 Å². The van der Waals surface area contributed by atoms with Gasteiger partial charge in [-0.15, -0.1) is 0 Å². The lowest BCUT2D eigenvalue weighted by Gasteiger charge is -2.08. The van der Waals surface area contributed by atoms with Crippen LogP contribution >= 0.6 is 0 Å². The topological polar surface area (TPSA) is 72.8 Å². The van der Waals surface area contributed by atoms with E-state index in [-0.39, 0.29) is 35.6 Å². The smallest absolute Gasteiger partial charge is 0.309 e. The Hall–Kier alpha value is -2.04. The van der Waals surface area contributed by atoms with E-state index in [1.54, 1.807) is 6.07 Å². The largest absolute Gasteiger partial charge is 0.507 e. The van der Waals surface area contributed by atoms with Crippen molar-refractivity contribution in [1.82, 2.24) is 0 Å². The van der Waals surface area contributed by atoms with Crippen molar-refractivity contribution in [2.75, 3.05) is 7.11 Å². The van der Waals surface area contributed by atoms with Gasteiger partial charge in [0.25, 0.3) is 0 Å². The van der Waals surface area contributed by atoms with Gasteiger partial charge in [-0.25, -0.2) is 0 Å². The van der Waals surface area contributed by atoms with Crippen molar-refractivity contribution >= 4 is 11.8 Å². The number of ether oxygens (including phenoxy) is 2. The number of phenolic OH excluding ortho intramolecular Hbond substituents is 1. The van der Waals surface area contributed by atoms with Crippen molar-refractivity contribution in [3.63, 3.8) is 0 Å². The van der Waals surface area contributed by atoms with E-state index in [0.29, 0.717) is 17.7 Å². The first-order valence-corrected chi connectivity index (χ1v) is 5.62. The maximum absolute atomic E-state index is 11.5. The van der Waals surface area contributed by atoms with Crippen molar-refractivity contribution in [3.05, 3.63) is 23.3 Å². The minimum Gasteiger partial charge on any atom is -0.507 e. The molecule has 0 amide bonds. The number of Topliss-reactive ketones (excluding diaryl/α,β-unsaturated/α-hetero) is 1. The SMILES string of the molecule is COC(=O)CC1Cc2c(ccc(O)c2C(C)=O)O1. The van der Waals surface area contributed by atoms with Crippen LogP contribution in [0.5, 0.6) is 11.5 Å². The quantitative estimate of drug-likeness (QED) is 0.649. The summed E-state index contributed by atoms with van der Waals surface area (Å²) in [5.41, 5.74) is 0.941. The number of fused-ring (bicyclic) bond motifs is 1. The summed E-state index contributed by atoms with van der Waals surface area (Å²) in [6.45, 7) is 1.39. The maximum Gasteiger partial charge on any atom is 0.309 e. The predicted molar refractivity (Wildman–Crippen MR) is 62.9 cm³/mol. The number of benzene rings is 1. The predicted octanol–water partition coefficient (Wildman–Crippen LogP) is 1.46. The van der Waals surface area contributed by atoms with Gasteiger partial charge >= 0.3 is 5.97 Å². The molecule has 1 atom stereocenters. The van der Waals surface area contributed by atoms with Crippen molar-refractivity contribution in [1.29, 1.82) is 0 Å². The van der Waals surface area contributed by atoms with Crippen LogP contribution in [0.25, 0.3) is 0 Å². The van der Waals surface area contributed by atoms with E-state index in [1.807, 2.05) is 0 Å². The third-order valence-electron chi connectivity index (χ3n) is 2.95. The molecule has 0 spiro atoms. The number of methoxy groups -OCH3 is 1. The second-order valence-corrected chi connectivity index (χ2v) is 4.22. The number of carbonyl (C=O) groups excluding carboxylic acids is 2. The molecule has 96 valence electrons. The number of hydrogen-bond donors (Lipinski definition) is 1. The Morgan fingerprint density at radius 1 is 1.50 bits per heavy atom. The summed E-state index contributed by atoms with van der Waals surface area (Å²) in [4.78, 5) is 22.7. The molecule has 0 saturated carbocycles. The first-order valence-electron chi connectivity index (χ1n) is 5.62. The molecule has 5 heteroatoms. The molecule has 0 fully saturated rings. The molecule has 1 aliphatic rings. The minimum atomic E-state index is -0.360. The van der Waals surface area contributed by atoms with Gasteiger partial charge in [0.2, 0.25) is 0 Å². The van der Waals surface area contributed by atoms with E-state index >= 15 is 0 Å². The van der Waals surface area contributed by atoms with Crippen LogP contribution in [0, 0.1) is 0 Å². The molecule has 2 rings (SSSR count). The van der Waals surface area contributed by atoms with Crippen LogP contribution < -0.4 is 4.74 Å². The molecule has 0 radical (unpaired) electrons. The maximum atomic E-state index is 11.5. The molecule has 1 N–H and O–H groups in total. The van der Waals surface area contributed by atoms with E-state index in [2.05, 4.69) is 4.74 Å².